The zero-order chi connectivity index (χ0) is 18.6. The van der Waals surface area contributed by atoms with Crippen molar-refractivity contribution in [2.24, 2.45) is 0 Å². The van der Waals surface area contributed by atoms with Crippen LogP contribution in [0.4, 0.5) is 0 Å². The maximum absolute atomic E-state index is 10.3. The molecule has 2 nitrogen and oxygen atoms in total. The van der Waals surface area contributed by atoms with Gasteiger partial charge >= 0.3 is 65.5 Å². The van der Waals surface area contributed by atoms with Gasteiger partial charge in [0.25, 0.3) is 0 Å². The van der Waals surface area contributed by atoms with Crippen molar-refractivity contribution in [2.75, 3.05) is 0 Å². The quantitative estimate of drug-likeness (QED) is 0.221. The van der Waals surface area contributed by atoms with E-state index in [0.29, 0.717) is 6.42 Å². The summed E-state index contributed by atoms with van der Waals surface area (Å²) in [5.74, 6) is -0.655. The third kappa shape index (κ3) is 21.6. The predicted molar refractivity (Wildman–Crippen MR) is 104 cm³/mol. The van der Waals surface area contributed by atoms with Crippen LogP contribution < -0.4 is 3.07 Å². The van der Waals surface area contributed by atoms with E-state index in [2.05, 4.69) is 37.3 Å². The molecule has 0 amide bonds. The second-order valence-corrected chi connectivity index (χ2v) is 10.0. The van der Waals surface area contributed by atoms with Crippen molar-refractivity contribution in [3.8, 4) is 0 Å². The van der Waals surface area contributed by atoms with E-state index in [4.69, 9.17) is 5.11 Å². The molecule has 25 heavy (non-hydrogen) atoms. The monoisotopic (exact) mass is 535 g/mol. The average Bonchev–Trinajstić information content (AvgIpc) is 2.60. The van der Waals surface area contributed by atoms with Crippen molar-refractivity contribution in [3.63, 3.8) is 0 Å². The molecule has 1 N–H and O–H groups in total. The Morgan fingerprint density at radius 3 is 1.48 bits per heavy atom. The van der Waals surface area contributed by atoms with Crippen molar-refractivity contribution in [1.82, 2.24) is 0 Å². The molecule has 0 heterocycles. The van der Waals surface area contributed by atoms with Crippen molar-refractivity contribution in [3.05, 3.63) is 30.3 Å². The minimum atomic E-state index is -0.655. The van der Waals surface area contributed by atoms with E-state index in [9.17, 15) is 4.79 Å². The first kappa shape index (κ1) is 24.6. The fourth-order valence-electron chi connectivity index (χ4n) is 2.77. The molecule has 0 saturated carbocycles. The molecule has 0 aliphatic carbocycles. The number of unbranched alkanes of at least 4 members (excludes halogenated alkanes) is 12. The second-order valence-electron chi connectivity index (χ2n) is 6.87. The van der Waals surface area contributed by atoms with Gasteiger partial charge in [0.2, 0.25) is 0 Å². The van der Waals surface area contributed by atoms with Gasteiger partial charge in [-0.25, -0.2) is 0 Å². The number of benzene rings is 1. The number of hydrogen-bond acceptors (Lipinski definition) is 1. The summed E-state index contributed by atoms with van der Waals surface area (Å²) in [4.78, 5) is 10.3. The Hall–Kier alpha value is -0.375. The third-order valence-electron chi connectivity index (χ3n) is 4.34. The van der Waals surface area contributed by atoms with Crippen LogP contribution in [0.1, 0.15) is 96.8 Å². The summed E-state index contributed by atoms with van der Waals surface area (Å²) in [6, 6.07) is 10.6. The van der Waals surface area contributed by atoms with Gasteiger partial charge in [-0.1, -0.05) is 84.0 Å². The van der Waals surface area contributed by atoms with Gasteiger partial charge in [-0.05, 0) is 6.42 Å². The van der Waals surface area contributed by atoms with Gasteiger partial charge in [0.05, 0.1) is 0 Å². The number of aliphatic carboxylic acids is 1. The number of carboxylic acids is 1. The first-order chi connectivity index (χ1) is 12.2. The Morgan fingerprint density at radius 1 is 0.760 bits per heavy atom. The Labute approximate surface area is 171 Å². The van der Waals surface area contributed by atoms with Gasteiger partial charge in [-0.15, -0.1) is 0 Å². The maximum atomic E-state index is 10.3. The Morgan fingerprint density at radius 2 is 1.16 bits per heavy atom. The molecular formula is C22H37HgO2. The van der Waals surface area contributed by atoms with Crippen molar-refractivity contribution in [1.29, 1.82) is 0 Å². The molecule has 1 aromatic carbocycles. The van der Waals surface area contributed by atoms with Crippen LogP contribution in [0.5, 0.6) is 0 Å². The van der Waals surface area contributed by atoms with Crippen molar-refractivity contribution in [2.45, 2.75) is 96.8 Å². The molecule has 139 valence electrons. The molecule has 0 radical (unpaired) electrons. The number of hydrogen-bond donors (Lipinski definition) is 1. The number of rotatable bonds is 14. The Kier molecular flexibility index (Phi) is 19.6. The Bertz CT molecular complexity index is 392. The number of carbonyl (C=O) groups is 1. The number of carboxylic acid groups (broad SMARTS) is 1. The van der Waals surface area contributed by atoms with Crippen LogP contribution in [-0.4, -0.2) is 11.1 Å². The van der Waals surface area contributed by atoms with Gasteiger partial charge in [0.15, 0.2) is 0 Å². The van der Waals surface area contributed by atoms with Crippen molar-refractivity contribution >= 4 is 9.04 Å². The fourth-order valence-corrected chi connectivity index (χ4v) is 3.83. The topological polar surface area (TPSA) is 37.3 Å². The normalized spacial score (nSPS) is 10.2. The predicted octanol–water partition coefficient (Wildman–Crippen LogP) is 6.41. The molecular weight excluding hydrogens is 497 g/mol. The SMILES string of the molecule is CCCCCCCCCCCCCCCC(=O)O.[Hg][c]1ccccc1. The van der Waals surface area contributed by atoms with Crippen LogP contribution in [0.25, 0.3) is 0 Å². The molecule has 0 spiro atoms. The molecule has 0 saturated heterocycles. The first-order valence-corrected chi connectivity index (χ1v) is 13.0. The summed E-state index contributed by atoms with van der Waals surface area (Å²) in [6.07, 6.45) is 17.3. The summed E-state index contributed by atoms with van der Waals surface area (Å²) >= 11 is 0.810. The third-order valence-corrected chi connectivity index (χ3v) is 6.17. The zero-order valence-corrected chi connectivity index (χ0v) is 21.8. The van der Waals surface area contributed by atoms with Crippen LogP contribution in [0.2, 0.25) is 0 Å². The van der Waals surface area contributed by atoms with E-state index in [0.717, 1.165) is 39.0 Å². The summed E-state index contributed by atoms with van der Waals surface area (Å²) in [5.41, 5.74) is 0. The van der Waals surface area contributed by atoms with Gasteiger partial charge in [0, 0.05) is 6.42 Å². The van der Waals surface area contributed by atoms with Crippen LogP contribution in [-0.2, 0) is 30.9 Å². The van der Waals surface area contributed by atoms with Crippen molar-refractivity contribution < 1.29 is 36.0 Å². The molecule has 0 fully saturated rings. The van der Waals surface area contributed by atoms with Gasteiger partial charge in [-0.3, -0.25) is 4.79 Å². The standard InChI is InChI=1S/C16H32O2.C6H5.Hg/c1-2-3-4-5-6-7-8-9-10-11-12-13-14-15-16(17)18;1-2-4-6-5-3-1;/h2-15H2,1H3,(H,17,18);1-5H;. The van der Waals surface area contributed by atoms with E-state index in [1.54, 1.807) is 0 Å². The summed E-state index contributed by atoms with van der Waals surface area (Å²) in [7, 11) is 0. The zero-order valence-electron chi connectivity index (χ0n) is 16.3. The molecule has 0 unspecified atom stereocenters. The molecule has 0 aromatic heterocycles. The summed E-state index contributed by atoms with van der Waals surface area (Å²) in [5, 5.41) is 8.49. The summed E-state index contributed by atoms with van der Waals surface area (Å²) < 4.78 is 1.52. The molecule has 1 aromatic rings. The fraction of sp³-hybridized carbons (Fsp3) is 0.682. The van der Waals surface area contributed by atoms with E-state index in [1.807, 2.05) is 0 Å². The van der Waals surface area contributed by atoms with Crippen LogP contribution in [0, 0.1) is 0 Å². The molecule has 0 bridgehead atoms. The average molecular weight is 534 g/mol. The molecule has 0 atom stereocenters. The van der Waals surface area contributed by atoms with Crippen LogP contribution >= 0.6 is 0 Å². The van der Waals surface area contributed by atoms with Gasteiger partial charge in [0.1, 0.15) is 0 Å². The van der Waals surface area contributed by atoms with E-state index in [1.165, 1.54) is 73.7 Å². The van der Waals surface area contributed by atoms with E-state index >= 15 is 0 Å². The van der Waals surface area contributed by atoms with E-state index < -0.39 is 5.97 Å². The summed E-state index contributed by atoms with van der Waals surface area (Å²) in [6.45, 7) is 2.26. The van der Waals surface area contributed by atoms with Gasteiger partial charge in [-0.2, -0.15) is 0 Å². The van der Waals surface area contributed by atoms with Gasteiger partial charge < -0.3 is 5.11 Å². The Balaban J connectivity index is 0.000000676. The molecule has 0 aliphatic rings. The minimum absolute atomic E-state index is 0.345. The van der Waals surface area contributed by atoms with E-state index in [-0.39, 0.29) is 0 Å². The second kappa shape index (κ2) is 19.9. The van der Waals surface area contributed by atoms with Crippen LogP contribution in [0.3, 0.4) is 0 Å². The molecule has 3 heteroatoms. The first-order valence-electron chi connectivity index (χ1n) is 10.3. The molecule has 1 rings (SSSR count). The molecule has 0 aliphatic heterocycles. The van der Waals surface area contributed by atoms with Crippen LogP contribution in [0.15, 0.2) is 30.3 Å².